The maximum Gasteiger partial charge on any atom is 0.271 e. The highest BCUT2D eigenvalue weighted by Crippen LogP contribution is 2.60. The average molecular weight is 473 g/mol. The van der Waals surface area contributed by atoms with Crippen molar-refractivity contribution in [3.8, 4) is 5.75 Å². The number of benzene rings is 3. The summed E-state index contributed by atoms with van der Waals surface area (Å²) < 4.78 is 3.63. The molecule has 31 heavy (non-hydrogen) atoms. The Morgan fingerprint density at radius 3 is 2.10 bits per heavy atom. The van der Waals surface area contributed by atoms with Gasteiger partial charge in [-0.3, -0.25) is 9.69 Å². The number of methoxy groups -OCH3 is 1. The molecule has 0 radical (unpaired) electrons. The molecule has 1 amide bonds. The molecule has 1 unspecified atom stereocenters. The summed E-state index contributed by atoms with van der Waals surface area (Å²) in [5.74, 6) is 0.974. The minimum atomic E-state index is -1.64. The van der Waals surface area contributed by atoms with Gasteiger partial charge in [-0.15, -0.1) is 11.8 Å². The van der Waals surface area contributed by atoms with Crippen LogP contribution in [-0.2, 0) is 10.5 Å². The van der Waals surface area contributed by atoms with E-state index in [1.807, 2.05) is 96.9 Å². The molecule has 0 aromatic heterocycles. The van der Waals surface area contributed by atoms with Crippen LogP contribution >= 0.6 is 35.0 Å². The molecular formula is C24H22Cl2N2O2S. The number of thioether (sulfide) groups is 1. The van der Waals surface area contributed by atoms with Gasteiger partial charge in [0.25, 0.3) is 5.91 Å². The molecule has 0 spiro atoms. The summed E-state index contributed by atoms with van der Waals surface area (Å²) >= 11 is 15.1. The molecule has 1 heterocycles. The molecule has 0 saturated carbocycles. The van der Waals surface area contributed by atoms with Crippen molar-refractivity contribution in [2.24, 2.45) is 0 Å². The maximum absolute atomic E-state index is 13.2. The number of β-lactam (4-membered cyclic amide) rings is 1. The van der Waals surface area contributed by atoms with Crippen molar-refractivity contribution >= 4 is 52.2 Å². The molecule has 3 aromatic carbocycles. The zero-order chi connectivity index (χ0) is 22.1. The highest BCUT2D eigenvalue weighted by molar-refractivity contribution is 8.00. The van der Waals surface area contributed by atoms with Gasteiger partial charge in [0.15, 0.2) is 0 Å². The number of carbonyl (C=O) groups excluding carboxylic acids is 1. The molecule has 0 aliphatic carbocycles. The van der Waals surface area contributed by atoms with Gasteiger partial charge in [0, 0.05) is 24.2 Å². The van der Waals surface area contributed by atoms with E-state index < -0.39 is 9.33 Å². The van der Waals surface area contributed by atoms with Gasteiger partial charge in [-0.25, -0.2) is 0 Å². The van der Waals surface area contributed by atoms with Crippen LogP contribution in [0.2, 0.25) is 0 Å². The van der Waals surface area contributed by atoms with Gasteiger partial charge in [-0.1, -0.05) is 71.7 Å². The maximum atomic E-state index is 13.2. The van der Waals surface area contributed by atoms with E-state index in [0.29, 0.717) is 17.2 Å². The Bertz CT molecular complexity index is 1050. The van der Waals surface area contributed by atoms with Gasteiger partial charge in [0.2, 0.25) is 9.33 Å². The van der Waals surface area contributed by atoms with E-state index in [1.165, 1.54) is 11.8 Å². The quantitative estimate of drug-likeness (QED) is 0.242. The normalized spacial score (nSPS) is 19.6. The second-order valence-corrected chi connectivity index (χ2v) is 9.66. The Hall–Kier alpha value is -2.34. The first kappa shape index (κ1) is 21.9. The monoisotopic (exact) mass is 472 g/mol. The summed E-state index contributed by atoms with van der Waals surface area (Å²) in [5, 5.41) is 0. The van der Waals surface area contributed by atoms with Crippen LogP contribution in [0, 0.1) is 0 Å². The van der Waals surface area contributed by atoms with Crippen LogP contribution in [0.3, 0.4) is 0 Å². The Balaban J connectivity index is 1.80. The first-order chi connectivity index (χ1) is 14.9. The number of hydrogen-bond donors (Lipinski definition) is 0. The topological polar surface area (TPSA) is 32.8 Å². The van der Waals surface area contributed by atoms with Crippen LogP contribution in [0.5, 0.6) is 5.75 Å². The zero-order valence-electron chi connectivity index (χ0n) is 17.2. The molecular weight excluding hydrogens is 451 g/mol. The molecule has 4 rings (SSSR count). The second-order valence-electron chi connectivity index (χ2n) is 7.19. The van der Waals surface area contributed by atoms with E-state index >= 15 is 0 Å². The summed E-state index contributed by atoms with van der Waals surface area (Å²) in [4.78, 5) is 15.8. The molecule has 1 atom stereocenters. The fourth-order valence-corrected chi connectivity index (χ4v) is 6.09. The van der Waals surface area contributed by atoms with Gasteiger partial charge in [0.05, 0.1) is 7.11 Å². The highest BCUT2D eigenvalue weighted by atomic mass is 35.5. The van der Waals surface area contributed by atoms with E-state index in [1.54, 1.807) is 12.0 Å². The molecule has 1 fully saturated rings. The molecule has 7 heteroatoms. The molecule has 160 valence electrons. The second kappa shape index (κ2) is 8.65. The van der Waals surface area contributed by atoms with Crippen LogP contribution in [-0.4, -0.2) is 29.4 Å². The summed E-state index contributed by atoms with van der Waals surface area (Å²) in [5.41, 5.74) is 2.72. The Morgan fingerprint density at radius 2 is 1.52 bits per heavy atom. The van der Waals surface area contributed by atoms with E-state index in [4.69, 9.17) is 27.9 Å². The lowest BCUT2D eigenvalue weighted by atomic mass is 10.0. The summed E-state index contributed by atoms with van der Waals surface area (Å²) in [6, 6.07) is 27.2. The van der Waals surface area contributed by atoms with Gasteiger partial charge < -0.3 is 9.64 Å². The average Bonchev–Trinajstić information content (AvgIpc) is 2.82. The highest BCUT2D eigenvalue weighted by Gasteiger charge is 2.74. The SMILES string of the molecule is COc1ccc(N2C(=O)C(Cl)(Cl)C2(SCc2ccccc2)N(C)c2ccccc2)cc1. The third kappa shape index (κ3) is 3.65. The van der Waals surface area contributed by atoms with E-state index in [9.17, 15) is 4.79 Å². The predicted octanol–water partition coefficient (Wildman–Crippen LogP) is 5.94. The van der Waals surface area contributed by atoms with Crippen LogP contribution in [0.25, 0.3) is 0 Å². The molecule has 1 saturated heterocycles. The molecule has 1 aliphatic heterocycles. The zero-order valence-corrected chi connectivity index (χ0v) is 19.5. The standard InChI is InChI=1S/C24H22Cl2N2O2S/c1-27(19-11-7-4-8-12-19)24(31-17-18-9-5-3-6-10-18)23(25,26)22(29)28(24)20-13-15-21(30-2)16-14-20/h3-16H,17H2,1-2H3. The minimum Gasteiger partial charge on any atom is -0.497 e. The smallest absolute Gasteiger partial charge is 0.271 e. The van der Waals surface area contributed by atoms with Crippen LogP contribution in [0.4, 0.5) is 11.4 Å². The molecule has 1 aliphatic rings. The van der Waals surface area contributed by atoms with Crippen molar-refractivity contribution in [3.63, 3.8) is 0 Å². The fourth-order valence-electron chi connectivity index (χ4n) is 3.73. The molecule has 4 nitrogen and oxygen atoms in total. The number of rotatable bonds is 7. The number of nitrogens with zero attached hydrogens (tertiary/aromatic N) is 2. The molecule has 3 aromatic rings. The van der Waals surface area contributed by atoms with Crippen LogP contribution in [0.1, 0.15) is 5.56 Å². The number of ether oxygens (including phenoxy) is 1. The summed E-state index contributed by atoms with van der Waals surface area (Å²) in [6.45, 7) is 0. The lowest BCUT2D eigenvalue weighted by Crippen LogP contribution is -2.82. The first-order valence-electron chi connectivity index (χ1n) is 9.75. The van der Waals surface area contributed by atoms with E-state index in [0.717, 1.165) is 11.3 Å². The first-order valence-corrected chi connectivity index (χ1v) is 11.5. The predicted molar refractivity (Wildman–Crippen MR) is 130 cm³/mol. The van der Waals surface area contributed by atoms with E-state index in [-0.39, 0.29) is 5.91 Å². The minimum absolute atomic E-state index is 0.357. The summed E-state index contributed by atoms with van der Waals surface area (Å²) in [6.07, 6.45) is 0. The number of carbonyl (C=O) groups is 1. The third-order valence-corrected chi connectivity index (χ3v) is 8.11. The lowest BCUT2D eigenvalue weighted by molar-refractivity contribution is -0.126. The molecule has 0 N–H and O–H groups in total. The van der Waals surface area contributed by atoms with Gasteiger partial charge >= 0.3 is 0 Å². The van der Waals surface area contributed by atoms with Crippen molar-refractivity contribution < 1.29 is 9.53 Å². The number of amides is 1. The largest absolute Gasteiger partial charge is 0.497 e. The van der Waals surface area contributed by atoms with Gasteiger partial charge in [-0.05, 0) is 42.0 Å². The van der Waals surface area contributed by atoms with Crippen molar-refractivity contribution in [1.82, 2.24) is 0 Å². The summed E-state index contributed by atoms with van der Waals surface area (Å²) in [7, 11) is 3.52. The van der Waals surface area contributed by atoms with Crippen molar-refractivity contribution in [1.29, 1.82) is 0 Å². The van der Waals surface area contributed by atoms with Crippen molar-refractivity contribution in [2.75, 3.05) is 24.0 Å². The Morgan fingerprint density at radius 1 is 0.935 bits per heavy atom. The number of alkyl halides is 2. The number of para-hydroxylation sites is 1. The van der Waals surface area contributed by atoms with Gasteiger partial charge in [-0.2, -0.15) is 0 Å². The third-order valence-electron chi connectivity index (χ3n) is 5.40. The van der Waals surface area contributed by atoms with Crippen LogP contribution < -0.4 is 14.5 Å². The fraction of sp³-hybridized carbons (Fsp3) is 0.208. The van der Waals surface area contributed by atoms with Crippen molar-refractivity contribution in [2.45, 2.75) is 15.1 Å². The Labute approximate surface area is 196 Å². The Kier molecular flexibility index (Phi) is 6.11. The van der Waals surface area contributed by atoms with E-state index in [2.05, 4.69) is 0 Å². The van der Waals surface area contributed by atoms with Crippen molar-refractivity contribution in [3.05, 3.63) is 90.5 Å². The van der Waals surface area contributed by atoms with Gasteiger partial charge in [0.1, 0.15) is 5.75 Å². The number of halogens is 2. The van der Waals surface area contributed by atoms with Crippen LogP contribution in [0.15, 0.2) is 84.9 Å². The lowest BCUT2D eigenvalue weighted by Gasteiger charge is -2.62. The molecule has 0 bridgehead atoms. The number of anilines is 2. The number of hydrogen-bond acceptors (Lipinski definition) is 4.